The van der Waals surface area contributed by atoms with E-state index in [4.69, 9.17) is 0 Å². The molecule has 1 unspecified atom stereocenters. The van der Waals surface area contributed by atoms with Gasteiger partial charge < -0.3 is 5.11 Å². The van der Waals surface area contributed by atoms with Gasteiger partial charge in [0, 0.05) is 5.56 Å². The quantitative estimate of drug-likeness (QED) is 0.801. The third kappa shape index (κ3) is 3.03. The molecule has 1 aromatic carbocycles. The van der Waals surface area contributed by atoms with Crippen molar-refractivity contribution in [3.63, 3.8) is 0 Å². The second-order valence-corrected chi connectivity index (χ2v) is 4.24. The Labute approximate surface area is 90.9 Å². The Morgan fingerprint density at radius 2 is 2.00 bits per heavy atom. The molecule has 0 radical (unpaired) electrons. The largest absolute Gasteiger partial charge is 0.388 e. The van der Waals surface area contributed by atoms with Gasteiger partial charge in [0.2, 0.25) is 0 Å². The molecule has 1 aromatic rings. The number of benzene rings is 1. The van der Waals surface area contributed by atoms with E-state index >= 15 is 0 Å². The molecule has 0 bridgehead atoms. The third-order valence-corrected chi connectivity index (χ3v) is 2.61. The first-order valence-electron chi connectivity index (χ1n) is 5.53. The molecule has 2 heteroatoms. The van der Waals surface area contributed by atoms with Crippen LogP contribution in [0, 0.1) is 5.82 Å². The highest BCUT2D eigenvalue weighted by atomic mass is 19.1. The lowest BCUT2D eigenvalue weighted by molar-refractivity contribution is 0.161. The zero-order valence-electron chi connectivity index (χ0n) is 9.63. The highest BCUT2D eigenvalue weighted by molar-refractivity contribution is 5.28. The van der Waals surface area contributed by atoms with Gasteiger partial charge in [-0.2, -0.15) is 0 Å². The summed E-state index contributed by atoms with van der Waals surface area (Å²) in [4.78, 5) is 0. The number of halogens is 1. The molecular formula is C13H19FO. The van der Waals surface area contributed by atoms with Crippen LogP contribution in [-0.4, -0.2) is 5.11 Å². The van der Waals surface area contributed by atoms with E-state index in [1.165, 1.54) is 6.07 Å². The fourth-order valence-corrected chi connectivity index (χ4v) is 1.61. The molecule has 0 saturated carbocycles. The van der Waals surface area contributed by atoms with Crippen LogP contribution in [0.2, 0.25) is 0 Å². The van der Waals surface area contributed by atoms with Gasteiger partial charge in [0.15, 0.2) is 0 Å². The number of aliphatic hydroxyl groups excluding tert-OH is 1. The molecule has 0 heterocycles. The van der Waals surface area contributed by atoms with Gasteiger partial charge in [-0.1, -0.05) is 39.3 Å². The Morgan fingerprint density at radius 1 is 1.33 bits per heavy atom. The average molecular weight is 210 g/mol. The van der Waals surface area contributed by atoms with Crippen molar-refractivity contribution >= 4 is 0 Å². The lowest BCUT2D eigenvalue weighted by Crippen LogP contribution is -2.02. The minimum atomic E-state index is -0.673. The van der Waals surface area contributed by atoms with E-state index in [1.807, 2.05) is 6.92 Å². The molecule has 0 aliphatic carbocycles. The van der Waals surface area contributed by atoms with Crippen molar-refractivity contribution in [1.82, 2.24) is 0 Å². The van der Waals surface area contributed by atoms with E-state index in [2.05, 4.69) is 13.8 Å². The maximum Gasteiger partial charge on any atom is 0.129 e. The lowest BCUT2D eigenvalue weighted by atomic mass is 9.97. The zero-order chi connectivity index (χ0) is 11.4. The Hall–Kier alpha value is -0.890. The predicted molar refractivity (Wildman–Crippen MR) is 60.4 cm³/mol. The van der Waals surface area contributed by atoms with Crippen LogP contribution in [0.3, 0.4) is 0 Å². The smallest absolute Gasteiger partial charge is 0.129 e. The molecule has 15 heavy (non-hydrogen) atoms. The zero-order valence-corrected chi connectivity index (χ0v) is 9.63. The van der Waals surface area contributed by atoms with Crippen molar-refractivity contribution in [2.75, 3.05) is 0 Å². The van der Waals surface area contributed by atoms with Crippen molar-refractivity contribution in [3.8, 4) is 0 Å². The molecule has 1 rings (SSSR count). The number of hydrogen-bond acceptors (Lipinski definition) is 1. The van der Waals surface area contributed by atoms with Gasteiger partial charge in [-0.05, 0) is 24.0 Å². The van der Waals surface area contributed by atoms with Gasteiger partial charge in [-0.25, -0.2) is 4.39 Å². The summed E-state index contributed by atoms with van der Waals surface area (Å²) >= 11 is 0. The maximum atomic E-state index is 13.4. The highest BCUT2D eigenvalue weighted by Crippen LogP contribution is 2.25. The van der Waals surface area contributed by atoms with Crippen molar-refractivity contribution in [1.29, 1.82) is 0 Å². The first-order chi connectivity index (χ1) is 7.06. The van der Waals surface area contributed by atoms with Gasteiger partial charge in [0.05, 0.1) is 6.10 Å². The summed E-state index contributed by atoms with van der Waals surface area (Å²) in [6.45, 7) is 6.10. The monoisotopic (exact) mass is 210 g/mol. The molecule has 0 aliphatic rings. The molecule has 0 amide bonds. The summed E-state index contributed by atoms with van der Waals surface area (Å²) < 4.78 is 13.4. The molecule has 0 fully saturated rings. The summed E-state index contributed by atoms with van der Waals surface area (Å²) in [5.41, 5.74) is 1.50. The van der Waals surface area contributed by atoms with Crippen molar-refractivity contribution in [2.45, 2.75) is 45.6 Å². The molecule has 0 spiro atoms. The van der Waals surface area contributed by atoms with Crippen LogP contribution in [0.1, 0.15) is 56.8 Å². The fourth-order valence-electron chi connectivity index (χ4n) is 1.61. The summed E-state index contributed by atoms with van der Waals surface area (Å²) in [7, 11) is 0. The van der Waals surface area contributed by atoms with Crippen molar-refractivity contribution < 1.29 is 9.50 Å². The summed E-state index contributed by atoms with van der Waals surface area (Å²) in [6.07, 6.45) is 0.791. The van der Waals surface area contributed by atoms with Crippen LogP contribution < -0.4 is 0 Å². The average Bonchev–Trinajstić information content (AvgIpc) is 2.18. The van der Waals surface area contributed by atoms with E-state index in [-0.39, 0.29) is 5.82 Å². The molecule has 1 atom stereocenters. The molecule has 84 valence electrons. The summed E-state index contributed by atoms with van der Waals surface area (Å²) in [5.74, 6) is 0.0542. The Morgan fingerprint density at radius 3 is 2.53 bits per heavy atom. The molecular weight excluding hydrogens is 191 g/mol. The Bertz CT molecular complexity index is 320. The second-order valence-electron chi connectivity index (χ2n) is 4.24. The summed E-state index contributed by atoms with van der Waals surface area (Å²) in [5, 5.41) is 9.77. The summed E-state index contributed by atoms with van der Waals surface area (Å²) in [6, 6.07) is 5.01. The maximum absolute atomic E-state index is 13.4. The minimum absolute atomic E-state index is 0.305. The van der Waals surface area contributed by atoms with Gasteiger partial charge in [-0.15, -0.1) is 0 Å². The Balaban J connectivity index is 2.99. The predicted octanol–water partition coefficient (Wildman–Crippen LogP) is 3.78. The van der Waals surface area contributed by atoms with Crippen LogP contribution in [0.5, 0.6) is 0 Å². The van der Waals surface area contributed by atoms with Crippen LogP contribution in [0.25, 0.3) is 0 Å². The topological polar surface area (TPSA) is 20.2 Å². The normalized spacial score (nSPS) is 13.2. The number of hydrogen-bond donors (Lipinski definition) is 1. The molecule has 0 aromatic heterocycles. The van der Waals surface area contributed by atoms with Gasteiger partial charge in [-0.3, -0.25) is 0 Å². The van der Waals surface area contributed by atoms with Gasteiger partial charge >= 0.3 is 0 Å². The minimum Gasteiger partial charge on any atom is -0.388 e. The number of rotatable bonds is 4. The first kappa shape index (κ1) is 12.2. The SMILES string of the molecule is CCCC(O)c1cc(C(C)C)ccc1F. The highest BCUT2D eigenvalue weighted by Gasteiger charge is 2.13. The van der Waals surface area contributed by atoms with Gasteiger partial charge in [0.25, 0.3) is 0 Å². The van der Waals surface area contributed by atoms with E-state index in [1.54, 1.807) is 12.1 Å². The molecule has 0 saturated heterocycles. The lowest BCUT2D eigenvalue weighted by Gasteiger charge is -2.14. The molecule has 0 aliphatic heterocycles. The van der Waals surface area contributed by atoms with E-state index < -0.39 is 6.10 Å². The van der Waals surface area contributed by atoms with Crippen LogP contribution in [0.4, 0.5) is 4.39 Å². The van der Waals surface area contributed by atoms with E-state index in [9.17, 15) is 9.50 Å². The first-order valence-corrected chi connectivity index (χ1v) is 5.53. The van der Waals surface area contributed by atoms with Crippen molar-refractivity contribution in [2.24, 2.45) is 0 Å². The number of aliphatic hydroxyl groups is 1. The van der Waals surface area contributed by atoms with Crippen LogP contribution >= 0.6 is 0 Å². The molecule has 1 N–H and O–H groups in total. The second kappa shape index (κ2) is 5.26. The fraction of sp³-hybridized carbons (Fsp3) is 0.538. The van der Waals surface area contributed by atoms with Gasteiger partial charge in [0.1, 0.15) is 5.82 Å². The third-order valence-electron chi connectivity index (χ3n) is 2.61. The Kier molecular flexibility index (Phi) is 4.28. The standard InChI is InChI=1S/C13H19FO/c1-4-5-13(15)11-8-10(9(2)3)6-7-12(11)14/h6-9,13,15H,4-5H2,1-3H3. The van der Waals surface area contributed by atoms with E-state index in [0.29, 0.717) is 17.9 Å². The van der Waals surface area contributed by atoms with E-state index in [0.717, 1.165) is 12.0 Å². The van der Waals surface area contributed by atoms with Crippen LogP contribution in [-0.2, 0) is 0 Å². The van der Waals surface area contributed by atoms with Crippen molar-refractivity contribution in [3.05, 3.63) is 35.1 Å². The molecule has 1 nitrogen and oxygen atoms in total. The van der Waals surface area contributed by atoms with Crippen LogP contribution in [0.15, 0.2) is 18.2 Å².